The molecule has 0 heterocycles. The molecule has 0 aliphatic rings. The molecule has 0 saturated heterocycles. The third-order valence-electron chi connectivity index (χ3n) is 2.14. The predicted molar refractivity (Wildman–Crippen MR) is 63.1 cm³/mol. The Morgan fingerprint density at radius 2 is 1.57 bits per heavy atom. The van der Waals surface area contributed by atoms with Crippen molar-refractivity contribution >= 4 is 29.4 Å². The minimum absolute atomic E-state index is 0.0213. The van der Waals surface area contributed by atoms with Crippen molar-refractivity contribution < 1.29 is 30.7 Å². The summed E-state index contributed by atoms with van der Waals surface area (Å²) in [5.74, 6) is -6.30. The first kappa shape index (κ1) is 17.8. The van der Waals surface area contributed by atoms with Crippen LogP contribution in [0.15, 0.2) is 23.3 Å². The van der Waals surface area contributed by atoms with Gasteiger partial charge in [0.25, 0.3) is 0 Å². The highest BCUT2D eigenvalue weighted by atomic mass is 35.5. The lowest BCUT2D eigenvalue weighted by Gasteiger charge is -2.27. The van der Waals surface area contributed by atoms with Crippen molar-refractivity contribution in [2.24, 2.45) is 5.10 Å². The topological polar surface area (TPSA) is 24.4 Å². The summed E-state index contributed by atoms with van der Waals surface area (Å²) in [6.45, 7) is 0. The van der Waals surface area contributed by atoms with Gasteiger partial charge in [-0.1, -0.05) is 35.3 Å². The smallest absolute Gasteiger partial charge is 0.242 e. The lowest BCUT2D eigenvalue weighted by Crippen LogP contribution is -2.58. The molecule has 0 aliphatic heterocycles. The zero-order chi connectivity index (χ0) is 16.5. The van der Waals surface area contributed by atoms with Gasteiger partial charge in [0.05, 0.1) is 16.3 Å². The fourth-order valence-corrected chi connectivity index (χ4v) is 1.41. The Balaban J connectivity index is 2.92. The summed E-state index contributed by atoms with van der Waals surface area (Å²) in [7, 11) is 0. The molecule has 0 atom stereocenters. The maximum absolute atomic E-state index is 12.8. The van der Waals surface area contributed by atoms with Crippen molar-refractivity contribution in [2.75, 3.05) is 0 Å². The van der Waals surface area contributed by atoms with Gasteiger partial charge in [-0.3, -0.25) is 0 Å². The van der Waals surface area contributed by atoms with E-state index in [1.54, 1.807) is 0 Å². The van der Waals surface area contributed by atoms with Gasteiger partial charge in [0.1, 0.15) is 0 Å². The van der Waals surface area contributed by atoms with Crippen molar-refractivity contribution in [3.05, 3.63) is 33.8 Å². The van der Waals surface area contributed by atoms with Gasteiger partial charge in [-0.2, -0.15) is 35.8 Å². The highest BCUT2D eigenvalue weighted by molar-refractivity contribution is 6.43. The summed E-state index contributed by atoms with van der Waals surface area (Å²) in [6.07, 6.45) is -5.90. The number of rotatable bonds is 4. The Morgan fingerprint density at radius 1 is 1.00 bits per heavy atom. The van der Waals surface area contributed by atoms with E-state index in [2.05, 4.69) is 5.10 Å². The second-order valence-corrected chi connectivity index (χ2v) is 4.44. The summed E-state index contributed by atoms with van der Waals surface area (Å²) in [5.41, 5.74) is 0.412. The highest BCUT2D eigenvalue weighted by Gasteiger charge is 2.73. The van der Waals surface area contributed by atoms with Crippen LogP contribution in [0.3, 0.4) is 0 Å². The molecule has 2 nitrogen and oxygen atoms in total. The van der Waals surface area contributed by atoms with Crippen molar-refractivity contribution in [1.29, 1.82) is 0 Å². The minimum Gasteiger partial charge on any atom is -0.242 e. The number of nitrogens with one attached hydrogen (secondary N) is 1. The average Bonchev–Trinajstić information content (AvgIpc) is 2.32. The van der Waals surface area contributed by atoms with Gasteiger partial charge >= 0.3 is 18.1 Å². The SMILES string of the molecule is FC(F)(F)C(F)(F)C(F)(F)N/N=C\c1cccc(Cl)c1Cl. The number of alkyl halides is 7. The molecule has 1 N–H and O–H groups in total. The van der Waals surface area contributed by atoms with Gasteiger partial charge in [0.2, 0.25) is 0 Å². The molecule has 11 heteroatoms. The third-order valence-corrected chi connectivity index (χ3v) is 2.97. The minimum atomic E-state index is -6.44. The van der Waals surface area contributed by atoms with Crippen LogP contribution in [0.1, 0.15) is 5.56 Å². The number of hydrogen-bond donors (Lipinski definition) is 1. The molecule has 0 saturated carbocycles. The molecule has 0 amide bonds. The first-order valence-electron chi connectivity index (χ1n) is 4.97. The predicted octanol–water partition coefficient (Wildman–Crippen LogP) is 4.71. The maximum Gasteiger partial charge on any atom is 0.462 e. The summed E-state index contributed by atoms with van der Waals surface area (Å²) in [5, 5.41) is 2.54. The Hall–Kier alpha value is -1.22. The van der Waals surface area contributed by atoms with Gasteiger partial charge in [-0.25, -0.2) is 5.43 Å². The molecule has 0 aromatic heterocycles. The molecule has 1 rings (SSSR count). The van der Waals surface area contributed by atoms with Gasteiger partial charge < -0.3 is 0 Å². The van der Waals surface area contributed by atoms with Crippen LogP contribution >= 0.6 is 23.2 Å². The van der Waals surface area contributed by atoms with Gasteiger partial charge in [0, 0.05) is 5.56 Å². The summed E-state index contributed by atoms with van der Waals surface area (Å²) < 4.78 is 86.2. The summed E-state index contributed by atoms with van der Waals surface area (Å²) >= 11 is 11.2. The normalized spacial score (nSPS) is 13.8. The zero-order valence-electron chi connectivity index (χ0n) is 9.66. The first-order valence-corrected chi connectivity index (χ1v) is 5.72. The van der Waals surface area contributed by atoms with Crippen LogP contribution in [0.2, 0.25) is 10.0 Å². The molecule has 0 radical (unpaired) electrons. The molecule has 0 unspecified atom stereocenters. The van der Waals surface area contributed by atoms with Crippen LogP contribution in [0.25, 0.3) is 0 Å². The fourth-order valence-electron chi connectivity index (χ4n) is 1.05. The highest BCUT2D eigenvalue weighted by Crippen LogP contribution is 2.44. The van der Waals surface area contributed by atoms with Gasteiger partial charge in [0.15, 0.2) is 0 Å². The molecule has 0 aliphatic carbocycles. The van der Waals surface area contributed by atoms with E-state index in [0.29, 0.717) is 11.6 Å². The van der Waals surface area contributed by atoms with Crippen LogP contribution in [-0.2, 0) is 0 Å². The standard InChI is InChI=1S/C10H5Cl2F7N2/c11-6-3-1-2-5(7(6)12)4-20-21-10(18,19)8(13,14)9(15,16)17/h1-4,21H/b20-4-. The van der Waals surface area contributed by atoms with E-state index in [4.69, 9.17) is 23.2 Å². The molecule has 0 bridgehead atoms. The van der Waals surface area contributed by atoms with Crippen molar-refractivity contribution in [3.63, 3.8) is 0 Å². The van der Waals surface area contributed by atoms with Crippen molar-refractivity contribution in [3.8, 4) is 0 Å². The van der Waals surface area contributed by atoms with Crippen LogP contribution in [0, 0.1) is 0 Å². The Labute approximate surface area is 123 Å². The Kier molecular flexibility index (Phi) is 4.99. The molecule has 0 spiro atoms. The zero-order valence-corrected chi connectivity index (χ0v) is 11.2. The van der Waals surface area contributed by atoms with Gasteiger partial charge in [-0.15, -0.1) is 0 Å². The van der Waals surface area contributed by atoms with E-state index in [1.807, 2.05) is 0 Å². The van der Waals surface area contributed by atoms with Crippen LogP contribution < -0.4 is 5.43 Å². The molecule has 21 heavy (non-hydrogen) atoms. The Morgan fingerprint density at radius 3 is 2.10 bits per heavy atom. The average molecular weight is 357 g/mol. The van der Waals surface area contributed by atoms with E-state index >= 15 is 0 Å². The summed E-state index contributed by atoms with van der Waals surface area (Å²) in [6, 6.07) is -1.70. The molecule has 1 aromatic rings. The monoisotopic (exact) mass is 356 g/mol. The Bertz CT molecular complexity index is 543. The largest absolute Gasteiger partial charge is 0.462 e. The second-order valence-electron chi connectivity index (χ2n) is 3.66. The van der Waals surface area contributed by atoms with E-state index in [-0.39, 0.29) is 15.6 Å². The van der Waals surface area contributed by atoms with Crippen LogP contribution in [0.4, 0.5) is 30.7 Å². The fraction of sp³-hybridized carbons (Fsp3) is 0.300. The second kappa shape index (κ2) is 5.88. The molecule has 0 fully saturated rings. The quantitative estimate of drug-likeness (QED) is 0.359. The van der Waals surface area contributed by atoms with Gasteiger partial charge in [-0.05, 0) is 6.07 Å². The molecule has 1 aromatic carbocycles. The number of hydrogen-bond acceptors (Lipinski definition) is 2. The summed E-state index contributed by atoms with van der Waals surface area (Å²) in [4.78, 5) is 0. The number of halogens is 9. The van der Waals surface area contributed by atoms with Crippen LogP contribution in [-0.4, -0.2) is 24.4 Å². The number of benzene rings is 1. The van der Waals surface area contributed by atoms with E-state index < -0.39 is 18.1 Å². The third kappa shape index (κ3) is 3.70. The van der Waals surface area contributed by atoms with Crippen LogP contribution in [0.5, 0.6) is 0 Å². The maximum atomic E-state index is 12.8. The molecule has 118 valence electrons. The number of nitrogens with zero attached hydrogens (tertiary/aromatic N) is 1. The first-order chi connectivity index (χ1) is 9.40. The number of hydrazone groups is 1. The van der Waals surface area contributed by atoms with E-state index in [0.717, 1.165) is 0 Å². The lowest BCUT2D eigenvalue weighted by molar-refractivity contribution is -0.361. The van der Waals surface area contributed by atoms with E-state index in [1.165, 1.54) is 18.2 Å². The van der Waals surface area contributed by atoms with E-state index in [9.17, 15) is 30.7 Å². The van der Waals surface area contributed by atoms with Crippen molar-refractivity contribution in [2.45, 2.75) is 18.1 Å². The molecular weight excluding hydrogens is 352 g/mol. The molecular formula is C10H5Cl2F7N2. The van der Waals surface area contributed by atoms with Crippen molar-refractivity contribution in [1.82, 2.24) is 5.43 Å². The lowest BCUT2D eigenvalue weighted by atomic mass is 10.2.